The lowest BCUT2D eigenvalue weighted by atomic mass is 9.50. The maximum atomic E-state index is 11.4. The van der Waals surface area contributed by atoms with E-state index >= 15 is 0 Å². The predicted octanol–water partition coefficient (Wildman–Crippen LogP) is 4.43. The van der Waals surface area contributed by atoms with E-state index < -0.39 is 11.0 Å². The highest BCUT2D eigenvalue weighted by Crippen LogP contribution is 2.58. The number of nitriles is 1. The molecule has 0 radical (unpaired) electrons. The van der Waals surface area contributed by atoms with Crippen molar-refractivity contribution in [3.63, 3.8) is 0 Å². The lowest BCUT2D eigenvalue weighted by Crippen LogP contribution is -2.56. The van der Waals surface area contributed by atoms with Gasteiger partial charge in [0.05, 0.1) is 17.1 Å². The summed E-state index contributed by atoms with van der Waals surface area (Å²) in [7, 11) is 0. The first-order valence-corrected chi connectivity index (χ1v) is 7.78. The molecule has 2 rings (SSSR count). The average Bonchev–Trinajstić information content (AvgIpc) is 2.25. The van der Waals surface area contributed by atoms with Crippen LogP contribution >= 0.6 is 0 Å². The van der Waals surface area contributed by atoms with Crippen molar-refractivity contribution in [3.8, 4) is 6.07 Å². The van der Waals surface area contributed by atoms with Gasteiger partial charge in [-0.25, -0.2) is 0 Å². The highest BCUT2D eigenvalue weighted by atomic mass is 16.3. The van der Waals surface area contributed by atoms with E-state index in [2.05, 4.69) is 33.8 Å². The minimum atomic E-state index is -0.798. The van der Waals surface area contributed by atoms with Crippen LogP contribution < -0.4 is 0 Å². The fourth-order valence-corrected chi connectivity index (χ4v) is 5.24. The van der Waals surface area contributed by atoms with E-state index in [0.29, 0.717) is 0 Å². The summed E-state index contributed by atoms with van der Waals surface area (Å²) in [4.78, 5) is 0. The molecule has 19 heavy (non-hydrogen) atoms. The lowest BCUT2D eigenvalue weighted by molar-refractivity contribution is -0.155. The zero-order valence-corrected chi connectivity index (χ0v) is 13.1. The highest BCUT2D eigenvalue weighted by molar-refractivity contribution is 5.16. The van der Waals surface area contributed by atoms with Gasteiger partial charge in [-0.15, -0.1) is 0 Å². The fourth-order valence-electron chi connectivity index (χ4n) is 5.24. The molecule has 2 aliphatic carbocycles. The molecule has 108 valence electrons. The third-order valence-electron chi connectivity index (χ3n) is 5.31. The number of aliphatic hydroxyl groups is 1. The molecular formula is C17H29NO. The maximum absolute atomic E-state index is 11.4. The Labute approximate surface area is 118 Å². The van der Waals surface area contributed by atoms with Crippen LogP contribution in [0.15, 0.2) is 0 Å². The molecule has 0 aromatic rings. The Morgan fingerprint density at radius 2 is 1.32 bits per heavy atom. The smallest absolute Gasteiger partial charge is 0.0860 e. The van der Waals surface area contributed by atoms with Gasteiger partial charge in [0.2, 0.25) is 0 Å². The van der Waals surface area contributed by atoms with Crippen molar-refractivity contribution in [1.82, 2.24) is 0 Å². The van der Waals surface area contributed by atoms with E-state index in [1.165, 1.54) is 6.42 Å². The topological polar surface area (TPSA) is 44.0 Å². The molecule has 0 aromatic heterocycles. The lowest BCUT2D eigenvalue weighted by Gasteiger charge is -2.56. The Bertz CT molecular complexity index is 367. The predicted molar refractivity (Wildman–Crippen MR) is 77.5 cm³/mol. The molecule has 2 fully saturated rings. The third kappa shape index (κ3) is 2.68. The van der Waals surface area contributed by atoms with Crippen molar-refractivity contribution in [3.05, 3.63) is 0 Å². The van der Waals surface area contributed by atoms with Crippen LogP contribution in [0.1, 0.15) is 79.1 Å². The van der Waals surface area contributed by atoms with Crippen LogP contribution in [0.3, 0.4) is 0 Å². The molecule has 0 saturated heterocycles. The summed E-state index contributed by atoms with van der Waals surface area (Å²) in [5.41, 5.74) is -1.05. The van der Waals surface area contributed by atoms with Crippen molar-refractivity contribution in [2.75, 3.05) is 0 Å². The molecule has 0 amide bonds. The van der Waals surface area contributed by atoms with Gasteiger partial charge in [-0.3, -0.25) is 0 Å². The van der Waals surface area contributed by atoms with E-state index in [1.54, 1.807) is 0 Å². The normalized spacial score (nSPS) is 31.4. The van der Waals surface area contributed by atoms with Gasteiger partial charge in [0, 0.05) is 0 Å². The summed E-state index contributed by atoms with van der Waals surface area (Å²) in [5.74, 6) is 0. The number of nitrogens with zero attached hydrogens (tertiary/aromatic N) is 1. The van der Waals surface area contributed by atoms with E-state index in [-0.39, 0.29) is 10.8 Å². The van der Waals surface area contributed by atoms with Gasteiger partial charge in [-0.2, -0.15) is 5.26 Å². The minimum absolute atomic E-state index is 0.123. The molecule has 2 saturated carbocycles. The molecule has 0 spiro atoms. The Kier molecular flexibility index (Phi) is 3.51. The van der Waals surface area contributed by atoms with Crippen LogP contribution in [0.25, 0.3) is 0 Å². The minimum Gasteiger partial charge on any atom is -0.388 e. The molecule has 2 aliphatic rings. The van der Waals surface area contributed by atoms with Crippen LogP contribution in [0, 0.1) is 27.6 Å². The average molecular weight is 263 g/mol. The van der Waals surface area contributed by atoms with E-state index in [0.717, 1.165) is 44.9 Å². The molecule has 2 nitrogen and oxygen atoms in total. The largest absolute Gasteiger partial charge is 0.388 e. The summed E-state index contributed by atoms with van der Waals surface area (Å²) < 4.78 is 0. The zero-order chi connectivity index (χ0) is 14.4. The fraction of sp³-hybridized carbons (Fsp3) is 0.941. The Hall–Kier alpha value is -0.550. The quantitative estimate of drug-likeness (QED) is 0.760. The molecule has 0 atom stereocenters. The van der Waals surface area contributed by atoms with Crippen molar-refractivity contribution < 1.29 is 5.11 Å². The van der Waals surface area contributed by atoms with E-state index in [4.69, 9.17) is 0 Å². The van der Waals surface area contributed by atoms with Gasteiger partial charge in [-0.1, -0.05) is 47.0 Å². The summed E-state index contributed by atoms with van der Waals surface area (Å²) in [6.07, 6.45) is 7.84. The molecule has 0 heterocycles. The monoisotopic (exact) mass is 263 g/mol. The second-order valence-electron chi connectivity index (χ2n) is 8.64. The van der Waals surface area contributed by atoms with Gasteiger partial charge in [-0.05, 0) is 42.9 Å². The standard InChI is InChI=1S/C17H29NO/c1-14(2)10-15(3,4)12-17(19,11-14)16(13-18)8-6-5-7-9-16/h19H,5-12H2,1-4H3. The van der Waals surface area contributed by atoms with Crippen molar-refractivity contribution in [2.24, 2.45) is 16.2 Å². The molecule has 1 N–H and O–H groups in total. The third-order valence-corrected chi connectivity index (χ3v) is 5.31. The molecule has 2 heteroatoms. The van der Waals surface area contributed by atoms with Gasteiger partial charge >= 0.3 is 0 Å². The summed E-state index contributed by atoms with van der Waals surface area (Å²) in [5, 5.41) is 21.2. The Morgan fingerprint density at radius 1 is 0.842 bits per heavy atom. The molecule has 0 aliphatic heterocycles. The van der Waals surface area contributed by atoms with Crippen LogP contribution in [0.4, 0.5) is 0 Å². The van der Waals surface area contributed by atoms with Crippen LogP contribution in [-0.4, -0.2) is 10.7 Å². The van der Waals surface area contributed by atoms with Crippen molar-refractivity contribution >= 4 is 0 Å². The number of hydrogen-bond donors (Lipinski definition) is 1. The summed E-state index contributed by atoms with van der Waals surface area (Å²) >= 11 is 0. The van der Waals surface area contributed by atoms with E-state index in [9.17, 15) is 10.4 Å². The highest BCUT2D eigenvalue weighted by Gasteiger charge is 2.57. The molecule has 0 aromatic carbocycles. The number of rotatable bonds is 1. The maximum Gasteiger partial charge on any atom is 0.0860 e. The van der Waals surface area contributed by atoms with Crippen LogP contribution in [-0.2, 0) is 0 Å². The molecule has 0 bridgehead atoms. The van der Waals surface area contributed by atoms with Crippen molar-refractivity contribution in [2.45, 2.75) is 84.7 Å². The first kappa shape index (κ1) is 14.9. The Morgan fingerprint density at radius 3 is 1.74 bits per heavy atom. The van der Waals surface area contributed by atoms with E-state index in [1.807, 2.05) is 0 Å². The van der Waals surface area contributed by atoms with Gasteiger partial charge in [0.25, 0.3) is 0 Å². The second-order valence-corrected chi connectivity index (χ2v) is 8.64. The SMILES string of the molecule is CC1(C)CC(C)(C)CC(O)(C2(C#N)CCCCC2)C1. The van der Waals surface area contributed by atoms with Gasteiger partial charge in [0.15, 0.2) is 0 Å². The van der Waals surface area contributed by atoms with Crippen LogP contribution in [0.5, 0.6) is 0 Å². The Balaban J connectivity index is 2.37. The number of hydrogen-bond acceptors (Lipinski definition) is 2. The van der Waals surface area contributed by atoms with Gasteiger partial charge < -0.3 is 5.11 Å². The van der Waals surface area contributed by atoms with Gasteiger partial charge in [0.1, 0.15) is 0 Å². The summed E-state index contributed by atoms with van der Waals surface area (Å²) in [6, 6.07) is 2.55. The first-order valence-electron chi connectivity index (χ1n) is 7.78. The molecule has 0 unspecified atom stereocenters. The van der Waals surface area contributed by atoms with Crippen molar-refractivity contribution in [1.29, 1.82) is 5.26 Å². The zero-order valence-electron chi connectivity index (χ0n) is 13.1. The van der Waals surface area contributed by atoms with Crippen LogP contribution in [0.2, 0.25) is 0 Å². The summed E-state index contributed by atoms with van der Waals surface area (Å²) in [6.45, 7) is 8.97. The second kappa shape index (κ2) is 4.48. The first-order chi connectivity index (χ1) is 8.64. The molecular weight excluding hydrogens is 234 g/mol.